The Bertz CT molecular complexity index is 517. The molecular weight excluding hydrogens is 268 g/mol. The van der Waals surface area contributed by atoms with Crippen LogP contribution in [-0.4, -0.2) is 24.8 Å². The monoisotopic (exact) mass is 292 g/mol. The lowest BCUT2D eigenvalue weighted by Crippen LogP contribution is -2.27. The zero-order chi connectivity index (χ0) is 16.0. The molecule has 0 heterocycles. The number of carbonyl (C=O) groups is 1. The first kappa shape index (κ1) is 17.0. The molecule has 1 aromatic rings. The van der Waals surface area contributed by atoms with Gasteiger partial charge in [-0.2, -0.15) is 0 Å². The summed E-state index contributed by atoms with van der Waals surface area (Å²) in [6, 6.07) is 5.34. The number of nitrogens with one attached hydrogen (secondary N) is 1. The molecule has 1 rings (SSSR count). The third-order valence-corrected chi connectivity index (χ3v) is 2.48. The van der Waals surface area contributed by atoms with Crippen molar-refractivity contribution in [3.05, 3.63) is 29.8 Å². The van der Waals surface area contributed by atoms with Gasteiger partial charge in [-0.1, -0.05) is 12.2 Å². The van der Waals surface area contributed by atoms with Crippen molar-refractivity contribution in [3.63, 3.8) is 0 Å². The van der Waals surface area contributed by atoms with E-state index >= 15 is 0 Å². The Morgan fingerprint density at radius 2 is 2.05 bits per heavy atom. The minimum atomic E-state index is -0.551. The summed E-state index contributed by atoms with van der Waals surface area (Å²) in [7, 11) is 1.57. The summed E-state index contributed by atoms with van der Waals surface area (Å²) in [5.41, 5.74) is 6.60. The molecule has 0 bridgehead atoms. The van der Waals surface area contributed by atoms with Gasteiger partial charge in [0.2, 0.25) is 0 Å². The summed E-state index contributed by atoms with van der Waals surface area (Å²) >= 11 is 0. The molecule has 1 amide bonds. The SMILES string of the molecule is COc1ccc(/C=C/C(C)N)c(NC(=O)OC(C)(C)C)c1. The number of nitrogens with two attached hydrogens (primary N) is 1. The first-order valence-corrected chi connectivity index (χ1v) is 6.83. The van der Waals surface area contributed by atoms with E-state index in [0.29, 0.717) is 11.4 Å². The van der Waals surface area contributed by atoms with E-state index in [0.717, 1.165) is 5.56 Å². The Kier molecular flexibility index (Phi) is 5.79. The van der Waals surface area contributed by atoms with Gasteiger partial charge in [0.15, 0.2) is 0 Å². The Balaban J connectivity index is 2.98. The van der Waals surface area contributed by atoms with Crippen LogP contribution in [0.15, 0.2) is 24.3 Å². The van der Waals surface area contributed by atoms with Crippen molar-refractivity contribution in [1.29, 1.82) is 0 Å². The van der Waals surface area contributed by atoms with Gasteiger partial charge in [0.1, 0.15) is 11.4 Å². The van der Waals surface area contributed by atoms with E-state index in [1.807, 2.05) is 52.0 Å². The molecular formula is C16H24N2O3. The molecule has 0 saturated heterocycles. The number of hydrogen-bond acceptors (Lipinski definition) is 4. The van der Waals surface area contributed by atoms with Crippen molar-refractivity contribution in [2.75, 3.05) is 12.4 Å². The minimum Gasteiger partial charge on any atom is -0.497 e. The average molecular weight is 292 g/mol. The van der Waals surface area contributed by atoms with Crippen LogP contribution < -0.4 is 15.8 Å². The summed E-state index contributed by atoms with van der Waals surface area (Å²) in [6.45, 7) is 7.32. The molecule has 1 atom stereocenters. The summed E-state index contributed by atoms with van der Waals surface area (Å²) in [6.07, 6.45) is 3.20. The second-order valence-electron chi connectivity index (χ2n) is 5.80. The highest BCUT2D eigenvalue weighted by molar-refractivity contribution is 5.88. The van der Waals surface area contributed by atoms with Crippen molar-refractivity contribution in [3.8, 4) is 5.75 Å². The largest absolute Gasteiger partial charge is 0.497 e. The summed E-state index contributed by atoms with van der Waals surface area (Å²) in [5.74, 6) is 0.652. The second-order valence-corrected chi connectivity index (χ2v) is 5.80. The molecule has 5 nitrogen and oxygen atoms in total. The standard InChI is InChI=1S/C16H24N2O3/c1-11(17)6-7-12-8-9-13(20-5)10-14(12)18-15(19)21-16(2,3)4/h6-11H,17H2,1-5H3,(H,18,19)/b7-6+. The molecule has 1 aromatic carbocycles. The van der Waals surface area contributed by atoms with E-state index in [9.17, 15) is 4.79 Å². The van der Waals surface area contributed by atoms with Crippen molar-refractivity contribution in [2.45, 2.75) is 39.3 Å². The van der Waals surface area contributed by atoms with E-state index < -0.39 is 11.7 Å². The molecule has 0 spiro atoms. The van der Waals surface area contributed by atoms with Crippen LogP contribution in [0, 0.1) is 0 Å². The lowest BCUT2D eigenvalue weighted by atomic mass is 10.1. The first-order chi connectivity index (χ1) is 9.71. The fourth-order valence-electron chi connectivity index (χ4n) is 1.58. The van der Waals surface area contributed by atoms with Gasteiger partial charge in [0, 0.05) is 12.1 Å². The van der Waals surface area contributed by atoms with Gasteiger partial charge < -0.3 is 15.2 Å². The smallest absolute Gasteiger partial charge is 0.412 e. The highest BCUT2D eigenvalue weighted by Gasteiger charge is 2.17. The predicted molar refractivity (Wildman–Crippen MR) is 85.5 cm³/mol. The maximum atomic E-state index is 11.9. The molecule has 0 saturated carbocycles. The van der Waals surface area contributed by atoms with E-state index in [4.69, 9.17) is 15.2 Å². The maximum absolute atomic E-state index is 11.9. The van der Waals surface area contributed by atoms with Crippen LogP contribution in [0.3, 0.4) is 0 Å². The third kappa shape index (κ3) is 6.31. The van der Waals surface area contributed by atoms with E-state index in [1.165, 1.54) is 0 Å². The second kappa shape index (κ2) is 7.13. The van der Waals surface area contributed by atoms with Crippen molar-refractivity contribution < 1.29 is 14.3 Å². The van der Waals surface area contributed by atoms with E-state index in [-0.39, 0.29) is 6.04 Å². The average Bonchev–Trinajstić information content (AvgIpc) is 2.34. The molecule has 3 N–H and O–H groups in total. The Labute approximate surface area is 126 Å². The van der Waals surface area contributed by atoms with Crippen molar-refractivity contribution in [2.24, 2.45) is 5.73 Å². The number of carbonyl (C=O) groups excluding carboxylic acids is 1. The zero-order valence-corrected chi connectivity index (χ0v) is 13.3. The fourth-order valence-corrected chi connectivity index (χ4v) is 1.58. The summed E-state index contributed by atoms with van der Waals surface area (Å²) in [5, 5.41) is 2.73. The summed E-state index contributed by atoms with van der Waals surface area (Å²) < 4.78 is 10.4. The molecule has 0 aliphatic carbocycles. The lowest BCUT2D eigenvalue weighted by molar-refractivity contribution is 0.0636. The zero-order valence-electron chi connectivity index (χ0n) is 13.3. The number of hydrogen-bond donors (Lipinski definition) is 2. The van der Waals surface area contributed by atoms with Gasteiger partial charge >= 0.3 is 6.09 Å². The number of ether oxygens (including phenoxy) is 2. The Morgan fingerprint density at radius 3 is 2.57 bits per heavy atom. The van der Waals surface area contributed by atoms with Crippen LogP contribution in [0.2, 0.25) is 0 Å². The first-order valence-electron chi connectivity index (χ1n) is 6.83. The molecule has 5 heteroatoms. The number of benzene rings is 1. The summed E-state index contributed by atoms with van der Waals surface area (Å²) in [4.78, 5) is 11.9. The Morgan fingerprint density at radius 1 is 1.38 bits per heavy atom. The van der Waals surface area contributed by atoms with Crippen LogP contribution in [0.5, 0.6) is 5.75 Å². The molecule has 0 radical (unpaired) electrons. The number of amides is 1. The number of methoxy groups -OCH3 is 1. The Hall–Kier alpha value is -2.01. The van der Waals surface area contributed by atoms with Gasteiger partial charge in [0.25, 0.3) is 0 Å². The van der Waals surface area contributed by atoms with Crippen LogP contribution >= 0.6 is 0 Å². The molecule has 0 aromatic heterocycles. The molecule has 0 fully saturated rings. The van der Waals surface area contributed by atoms with Crippen LogP contribution in [0.25, 0.3) is 6.08 Å². The topological polar surface area (TPSA) is 73.6 Å². The predicted octanol–water partition coefficient (Wildman–Crippen LogP) is 3.40. The third-order valence-electron chi connectivity index (χ3n) is 2.48. The molecule has 1 unspecified atom stereocenters. The van der Waals surface area contributed by atoms with Crippen molar-refractivity contribution >= 4 is 17.9 Å². The normalized spacial score (nSPS) is 13.0. The highest BCUT2D eigenvalue weighted by atomic mass is 16.6. The minimum absolute atomic E-state index is 0.0681. The van der Waals surface area contributed by atoms with Gasteiger partial charge in [-0.3, -0.25) is 5.32 Å². The van der Waals surface area contributed by atoms with E-state index in [2.05, 4.69) is 5.32 Å². The number of rotatable bonds is 4. The highest BCUT2D eigenvalue weighted by Crippen LogP contribution is 2.24. The van der Waals surface area contributed by atoms with Crippen LogP contribution in [0.4, 0.5) is 10.5 Å². The molecule has 0 aliphatic heterocycles. The number of anilines is 1. The van der Waals surface area contributed by atoms with Gasteiger partial charge in [-0.05, 0) is 45.4 Å². The molecule has 0 aliphatic rings. The quantitative estimate of drug-likeness (QED) is 0.892. The van der Waals surface area contributed by atoms with Gasteiger partial charge in [0.05, 0.1) is 12.8 Å². The van der Waals surface area contributed by atoms with Gasteiger partial charge in [-0.25, -0.2) is 4.79 Å². The van der Waals surface area contributed by atoms with E-state index in [1.54, 1.807) is 13.2 Å². The fraction of sp³-hybridized carbons (Fsp3) is 0.438. The lowest BCUT2D eigenvalue weighted by Gasteiger charge is -2.20. The van der Waals surface area contributed by atoms with Crippen LogP contribution in [0.1, 0.15) is 33.3 Å². The molecule has 116 valence electrons. The van der Waals surface area contributed by atoms with Gasteiger partial charge in [-0.15, -0.1) is 0 Å². The van der Waals surface area contributed by atoms with Crippen LogP contribution in [-0.2, 0) is 4.74 Å². The van der Waals surface area contributed by atoms with Crippen molar-refractivity contribution in [1.82, 2.24) is 0 Å². The molecule has 21 heavy (non-hydrogen) atoms. The maximum Gasteiger partial charge on any atom is 0.412 e.